The van der Waals surface area contributed by atoms with Gasteiger partial charge in [-0.15, -0.1) is 11.3 Å². The van der Waals surface area contributed by atoms with E-state index in [0.29, 0.717) is 16.6 Å². The summed E-state index contributed by atoms with van der Waals surface area (Å²) < 4.78 is 5.25. The molecule has 1 aliphatic rings. The molecule has 0 radical (unpaired) electrons. The maximum absolute atomic E-state index is 11.9. The number of rotatable bonds is 4. The molecule has 2 N–H and O–H groups in total. The van der Waals surface area contributed by atoms with Crippen molar-refractivity contribution in [1.82, 2.24) is 15.6 Å². The van der Waals surface area contributed by atoms with E-state index in [4.69, 9.17) is 4.42 Å². The summed E-state index contributed by atoms with van der Waals surface area (Å²) in [4.78, 5) is 16.7. The van der Waals surface area contributed by atoms with Crippen molar-refractivity contribution >= 4 is 17.2 Å². The molecule has 0 aromatic carbocycles. The zero-order valence-electron chi connectivity index (χ0n) is 9.68. The summed E-state index contributed by atoms with van der Waals surface area (Å²) in [6.45, 7) is 2.70. The Bertz CT molecular complexity index is 531. The van der Waals surface area contributed by atoms with E-state index in [2.05, 4.69) is 15.6 Å². The van der Waals surface area contributed by atoms with Crippen molar-refractivity contribution in [3.63, 3.8) is 0 Å². The Kier molecular flexibility index (Phi) is 3.12. The summed E-state index contributed by atoms with van der Waals surface area (Å²) in [7, 11) is 0. The van der Waals surface area contributed by atoms with Gasteiger partial charge in [-0.2, -0.15) is 0 Å². The van der Waals surface area contributed by atoms with Gasteiger partial charge in [0.15, 0.2) is 10.8 Å². The molecule has 3 heterocycles. The highest BCUT2D eigenvalue weighted by atomic mass is 32.1. The maximum atomic E-state index is 11.9. The lowest BCUT2D eigenvalue weighted by molar-refractivity contribution is 0.0946. The molecule has 18 heavy (non-hydrogen) atoms. The van der Waals surface area contributed by atoms with E-state index >= 15 is 0 Å². The van der Waals surface area contributed by atoms with Crippen LogP contribution in [0.1, 0.15) is 9.67 Å². The van der Waals surface area contributed by atoms with Crippen LogP contribution in [0.3, 0.4) is 0 Å². The van der Waals surface area contributed by atoms with Gasteiger partial charge in [0.2, 0.25) is 0 Å². The fourth-order valence-corrected chi connectivity index (χ4v) is 2.51. The summed E-state index contributed by atoms with van der Waals surface area (Å²) >= 11 is 1.34. The van der Waals surface area contributed by atoms with Crippen molar-refractivity contribution in [2.24, 2.45) is 5.92 Å². The normalized spacial score (nSPS) is 15.3. The monoisotopic (exact) mass is 263 g/mol. The van der Waals surface area contributed by atoms with Gasteiger partial charge >= 0.3 is 0 Å². The minimum absolute atomic E-state index is 0.0581. The quantitative estimate of drug-likeness (QED) is 0.874. The second-order valence-electron chi connectivity index (χ2n) is 4.24. The van der Waals surface area contributed by atoms with Crippen molar-refractivity contribution in [3.8, 4) is 10.8 Å². The van der Waals surface area contributed by atoms with Gasteiger partial charge in [-0.1, -0.05) is 0 Å². The second-order valence-corrected chi connectivity index (χ2v) is 5.27. The third-order valence-electron chi connectivity index (χ3n) is 2.88. The summed E-state index contributed by atoms with van der Waals surface area (Å²) in [5.41, 5.74) is 0. The Hall–Kier alpha value is -1.66. The Morgan fingerprint density at radius 3 is 3.17 bits per heavy atom. The first-order valence-corrected chi connectivity index (χ1v) is 6.63. The number of hydrogen-bond acceptors (Lipinski definition) is 5. The molecule has 5 nitrogen and oxygen atoms in total. The van der Waals surface area contributed by atoms with Gasteiger partial charge in [-0.05, 0) is 12.1 Å². The molecule has 0 aliphatic carbocycles. The number of carbonyl (C=O) groups excluding carboxylic acids is 1. The van der Waals surface area contributed by atoms with Crippen molar-refractivity contribution in [3.05, 3.63) is 29.5 Å². The molecule has 0 spiro atoms. The summed E-state index contributed by atoms with van der Waals surface area (Å²) in [6, 6.07) is 3.64. The predicted molar refractivity (Wildman–Crippen MR) is 68.5 cm³/mol. The lowest BCUT2D eigenvalue weighted by atomic mass is 10.0. The van der Waals surface area contributed by atoms with E-state index in [-0.39, 0.29) is 5.91 Å². The molecular weight excluding hydrogens is 250 g/mol. The van der Waals surface area contributed by atoms with Gasteiger partial charge in [-0.25, -0.2) is 4.98 Å². The minimum atomic E-state index is -0.0581. The molecule has 2 aromatic rings. The first-order chi connectivity index (χ1) is 8.83. The topological polar surface area (TPSA) is 67.2 Å². The molecule has 2 aromatic heterocycles. The Morgan fingerprint density at radius 1 is 1.61 bits per heavy atom. The van der Waals surface area contributed by atoms with Gasteiger partial charge in [0.05, 0.1) is 12.5 Å². The van der Waals surface area contributed by atoms with Gasteiger partial charge in [0.25, 0.3) is 5.91 Å². The van der Waals surface area contributed by atoms with Crippen LogP contribution >= 0.6 is 11.3 Å². The number of thiazole rings is 1. The smallest absolute Gasteiger partial charge is 0.263 e. The lowest BCUT2D eigenvalue weighted by Gasteiger charge is -2.26. The molecule has 1 fully saturated rings. The van der Waals surface area contributed by atoms with E-state index in [1.165, 1.54) is 11.3 Å². The average molecular weight is 263 g/mol. The SMILES string of the molecule is O=C(NCC1CNC1)c1cnc(-c2ccco2)s1. The highest BCUT2D eigenvalue weighted by Crippen LogP contribution is 2.25. The zero-order chi connectivity index (χ0) is 12.4. The van der Waals surface area contributed by atoms with Gasteiger partial charge in [0.1, 0.15) is 4.88 Å². The standard InChI is InChI=1S/C12H13N3O2S/c16-11(14-6-8-4-13-5-8)10-7-15-12(18-10)9-2-1-3-17-9/h1-3,7-8,13H,4-6H2,(H,14,16). The van der Waals surface area contributed by atoms with Crippen molar-refractivity contribution in [2.75, 3.05) is 19.6 Å². The van der Waals surface area contributed by atoms with Gasteiger partial charge in [-0.3, -0.25) is 4.79 Å². The van der Waals surface area contributed by atoms with Crippen LogP contribution in [-0.2, 0) is 0 Å². The second kappa shape index (κ2) is 4.91. The molecule has 1 aliphatic heterocycles. The van der Waals surface area contributed by atoms with E-state index in [1.807, 2.05) is 6.07 Å². The molecule has 6 heteroatoms. The molecule has 0 atom stereocenters. The average Bonchev–Trinajstić information content (AvgIpc) is 2.97. The molecule has 0 saturated carbocycles. The van der Waals surface area contributed by atoms with Crippen LogP contribution in [0.2, 0.25) is 0 Å². The van der Waals surface area contributed by atoms with Crippen molar-refractivity contribution < 1.29 is 9.21 Å². The number of aromatic nitrogens is 1. The number of nitrogens with zero attached hydrogens (tertiary/aromatic N) is 1. The van der Waals surface area contributed by atoms with Crippen LogP contribution in [0.15, 0.2) is 29.0 Å². The number of carbonyl (C=O) groups is 1. The first kappa shape index (κ1) is 11.4. The Labute approximate surface area is 108 Å². The van der Waals surface area contributed by atoms with Crippen molar-refractivity contribution in [1.29, 1.82) is 0 Å². The molecule has 1 saturated heterocycles. The van der Waals surface area contributed by atoms with Crippen LogP contribution in [-0.4, -0.2) is 30.5 Å². The lowest BCUT2D eigenvalue weighted by Crippen LogP contribution is -2.48. The molecule has 1 amide bonds. The van der Waals surface area contributed by atoms with Gasteiger partial charge in [0, 0.05) is 25.6 Å². The maximum Gasteiger partial charge on any atom is 0.263 e. The van der Waals surface area contributed by atoms with E-state index in [9.17, 15) is 4.79 Å². The third kappa shape index (κ3) is 2.30. The van der Waals surface area contributed by atoms with Crippen LogP contribution in [0, 0.1) is 5.92 Å². The number of amides is 1. The zero-order valence-corrected chi connectivity index (χ0v) is 10.5. The van der Waals surface area contributed by atoms with Crippen LogP contribution < -0.4 is 10.6 Å². The highest BCUT2D eigenvalue weighted by molar-refractivity contribution is 7.16. The number of furan rings is 1. The molecule has 0 unspecified atom stereocenters. The van der Waals surface area contributed by atoms with E-state index in [0.717, 1.165) is 24.6 Å². The largest absolute Gasteiger partial charge is 0.462 e. The molecule has 3 rings (SSSR count). The highest BCUT2D eigenvalue weighted by Gasteiger charge is 2.19. The molecular formula is C12H13N3O2S. The van der Waals surface area contributed by atoms with E-state index in [1.54, 1.807) is 18.5 Å². The van der Waals surface area contributed by atoms with Crippen LogP contribution in [0.5, 0.6) is 0 Å². The first-order valence-electron chi connectivity index (χ1n) is 5.81. The number of hydrogen-bond donors (Lipinski definition) is 2. The van der Waals surface area contributed by atoms with Crippen LogP contribution in [0.4, 0.5) is 0 Å². The van der Waals surface area contributed by atoms with Crippen molar-refractivity contribution in [2.45, 2.75) is 0 Å². The Balaban J connectivity index is 1.63. The fraction of sp³-hybridized carbons (Fsp3) is 0.333. The minimum Gasteiger partial charge on any atom is -0.462 e. The summed E-state index contributed by atoms with van der Waals surface area (Å²) in [6.07, 6.45) is 3.19. The fourth-order valence-electron chi connectivity index (χ4n) is 1.71. The molecule has 94 valence electrons. The van der Waals surface area contributed by atoms with E-state index < -0.39 is 0 Å². The Morgan fingerprint density at radius 2 is 2.50 bits per heavy atom. The van der Waals surface area contributed by atoms with Crippen LogP contribution in [0.25, 0.3) is 10.8 Å². The summed E-state index contributed by atoms with van der Waals surface area (Å²) in [5.74, 6) is 1.20. The third-order valence-corrected chi connectivity index (χ3v) is 3.89. The van der Waals surface area contributed by atoms with Gasteiger partial charge < -0.3 is 15.1 Å². The summed E-state index contributed by atoms with van der Waals surface area (Å²) in [5, 5.41) is 6.83. The molecule has 0 bridgehead atoms. The number of nitrogens with one attached hydrogen (secondary N) is 2. The predicted octanol–water partition coefficient (Wildman–Crippen LogP) is 1.35.